The monoisotopic (exact) mass is 638 g/mol. The second kappa shape index (κ2) is 31.1. The van der Waals surface area contributed by atoms with Gasteiger partial charge in [0.2, 0.25) is 0 Å². The molecular weight excluding hydrogens is 584 g/mol. The highest BCUT2D eigenvalue weighted by Crippen LogP contribution is 2.14. The fraction of sp³-hybridized carbons (Fsp3) is 0.933. The Bertz CT molecular complexity index is 432. The van der Waals surface area contributed by atoms with Crippen molar-refractivity contribution in [2.24, 2.45) is 0 Å². The molecule has 36 heavy (non-hydrogen) atoms. The van der Waals surface area contributed by atoms with Crippen LogP contribution in [0.5, 0.6) is 0 Å². The van der Waals surface area contributed by atoms with Crippen molar-refractivity contribution >= 4 is 43.8 Å². The van der Waals surface area contributed by atoms with Gasteiger partial charge in [-0.1, -0.05) is 135 Å². The number of ether oxygens (including phenoxy) is 2. The van der Waals surface area contributed by atoms with Crippen molar-refractivity contribution in [2.75, 3.05) is 23.9 Å². The van der Waals surface area contributed by atoms with Crippen LogP contribution in [-0.2, 0) is 19.1 Å². The third-order valence-corrected chi connectivity index (χ3v) is 7.72. The van der Waals surface area contributed by atoms with Crippen LogP contribution in [-0.4, -0.2) is 35.8 Å². The number of hydrogen-bond donors (Lipinski definition) is 0. The van der Waals surface area contributed by atoms with Gasteiger partial charge in [-0.25, -0.2) is 0 Å². The second-order valence-electron chi connectivity index (χ2n) is 10.1. The number of halogens is 2. The molecular formula is C30H56Br2O4. The fourth-order valence-corrected chi connectivity index (χ4v) is 5.07. The predicted octanol–water partition coefficient (Wildman–Crippen LogP) is 10.2. The van der Waals surface area contributed by atoms with Gasteiger partial charge in [0, 0.05) is 23.5 Å². The van der Waals surface area contributed by atoms with Crippen molar-refractivity contribution in [1.29, 1.82) is 0 Å². The van der Waals surface area contributed by atoms with Crippen LogP contribution in [0.15, 0.2) is 0 Å². The van der Waals surface area contributed by atoms with Crippen molar-refractivity contribution < 1.29 is 19.1 Å². The van der Waals surface area contributed by atoms with E-state index < -0.39 is 0 Å². The van der Waals surface area contributed by atoms with Gasteiger partial charge in [-0.3, -0.25) is 9.59 Å². The van der Waals surface area contributed by atoms with E-state index in [1.165, 1.54) is 103 Å². The lowest BCUT2D eigenvalue weighted by Gasteiger charge is -2.05. The number of hydrogen-bond acceptors (Lipinski definition) is 4. The molecule has 0 heterocycles. The lowest BCUT2D eigenvalue weighted by Crippen LogP contribution is -2.05. The van der Waals surface area contributed by atoms with Crippen LogP contribution in [0.3, 0.4) is 0 Å². The van der Waals surface area contributed by atoms with E-state index in [0.717, 1.165) is 49.2 Å². The molecule has 0 N–H and O–H groups in total. The highest BCUT2D eigenvalue weighted by molar-refractivity contribution is 9.09. The van der Waals surface area contributed by atoms with Crippen LogP contribution < -0.4 is 0 Å². The maximum atomic E-state index is 11.5. The zero-order valence-corrected chi connectivity index (χ0v) is 26.4. The molecule has 0 saturated heterocycles. The molecule has 0 amide bonds. The van der Waals surface area contributed by atoms with Crippen molar-refractivity contribution in [2.45, 2.75) is 154 Å². The van der Waals surface area contributed by atoms with Crippen molar-refractivity contribution in [3.8, 4) is 0 Å². The Morgan fingerprint density at radius 2 is 0.611 bits per heavy atom. The maximum absolute atomic E-state index is 11.5. The third-order valence-electron chi connectivity index (χ3n) is 6.59. The van der Waals surface area contributed by atoms with Gasteiger partial charge in [0.25, 0.3) is 0 Å². The first-order chi connectivity index (χ1) is 17.7. The fourth-order valence-electron chi connectivity index (χ4n) is 4.28. The predicted molar refractivity (Wildman–Crippen MR) is 160 cm³/mol. The van der Waals surface area contributed by atoms with E-state index in [9.17, 15) is 9.59 Å². The highest BCUT2D eigenvalue weighted by Gasteiger charge is 2.03. The first kappa shape index (κ1) is 35.9. The molecule has 6 heteroatoms. The Hall–Kier alpha value is -0.100. The molecule has 0 atom stereocenters. The largest absolute Gasteiger partial charge is 0.466 e. The molecule has 0 radical (unpaired) electrons. The van der Waals surface area contributed by atoms with Crippen molar-refractivity contribution in [3.05, 3.63) is 0 Å². The van der Waals surface area contributed by atoms with Crippen LogP contribution >= 0.6 is 31.9 Å². The Balaban J connectivity index is 3.12. The van der Waals surface area contributed by atoms with E-state index in [-0.39, 0.29) is 11.9 Å². The lowest BCUT2D eigenvalue weighted by molar-refractivity contribution is -0.144. The summed E-state index contributed by atoms with van der Waals surface area (Å²) in [6, 6.07) is 0. The van der Waals surface area contributed by atoms with E-state index in [0.29, 0.717) is 26.1 Å². The summed E-state index contributed by atoms with van der Waals surface area (Å²) >= 11 is 6.76. The van der Waals surface area contributed by atoms with Crippen molar-refractivity contribution in [3.63, 3.8) is 0 Å². The van der Waals surface area contributed by atoms with Gasteiger partial charge in [0.15, 0.2) is 0 Å². The number of esters is 2. The molecule has 0 unspecified atom stereocenters. The standard InChI is InChI=1S/C30H56Br2O4/c31-25-19-17-23-29(33)35-27-21-15-13-11-9-7-5-3-1-2-4-6-8-10-12-14-16-22-28-36-30(34)24-18-20-26-32/h1-28H2. The summed E-state index contributed by atoms with van der Waals surface area (Å²) < 4.78 is 10.6. The Labute approximate surface area is 240 Å². The minimum absolute atomic E-state index is 0.0317. The quantitative estimate of drug-likeness (QED) is 0.0464. The summed E-state index contributed by atoms with van der Waals surface area (Å²) in [6.45, 7) is 1.20. The first-order valence-electron chi connectivity index (χ1n) is 15.1. The molecule has 0 spiro atoms. The number of alkyl halides is 2. The van der Waals surface area contributed by atoms with E-state index in [1.807, 2.05) is 0 Å². The Morgan fingerprint density at radius 1 is 0.361 bits per heavy atom. The molecule has 4 nitrogen and oxygen atoms in total. The average molecular weight is 641 g/mol. The molecule has 214 valence electrons. The number of unbranched alkanes of at least 4 members (excludes halogenated alkanes) is 19. The van der Waals surface area contributed by atoms with Crippen LogP contribution in [0.2, 0.25) is 0 Å². The summed E-state index contributed by atoms with van der Waals surface area (Å²) in [5.41, 5.74) is 0. The SMILES string of the molecule is O=C(CCCCBr)OCCCCCCCCCCCCCCCCCCCCOC(=O)CCCCBr. The van der Waals surface area contributed by atoms with Gasteiger partial charge in [0.1, 0.15) is 0 Å². The molecule has 0 fully saturated rings. The first-order valence-corrected chi connectivity index (χ1v) is 17.4. The summed E-state index contributed by atoms with van der Waals surface area (Å²) in [5, 5.41) is 1.92. The molecule has 0 saturated carbocycles. The summed E-state index contributed by atoms with van der Waals surface area (Å²) in [4.78, 5) is 23.0. The number of carbonyl (C=O) groups excluding carboxylic acids is 2. The van der Waals surface area contributed by atoms with Gasteiger partial charge in [-0.2, -0.15) is 0 Å². The number of carbonyl (C=O) groups is 2. The van der Waals surface area contributed by atoms with Crippen LogP contribution in [0.25, 0.3) is 0 Å². The van der Waals surface area contributed by atoms with E-state index in [1.54, 1.807) is 0 Å². The minimum Gasteiger partial charge on any atom is -0.466 e. The molecule has 0 aromatic carbocycles. The van der Waals surface area contributed by atoms with E-state index in [2.05, 4.69) is 31.9 Å². The number of rotatable bonds is 29. The normalized spacial score (nSPS) is 11.1. The van der Waals surface area contributed by atoms with Crippen LogP contribution in [0.1, 0.15) is 154 Å². The van der Waals surface area contributed by atoms with Gasteiger partial charge in [-0.15, -0.1) is 0 Å². The lowest BCUT2D eigenvalue weighted by atomic mass is 10.0. The maximum Gasteiger partial charge on any atom is 0.305 e. The summed E-state index contributed by atoms with van der Waals surface area (Å²) in [6.07, 6.45) is 28.4. The second-order valence-corrected chi connectivity index (χ2v) is 11.7. The summed E-state index contributed by atoms with van der Waals surface area (Å²) in [7, 11) is 0. The van der Waals surface area contributed by atoms with E-state index in [4.69, 9.17) is 9.47 Å². The third kappa shape index (κ3) is 30.1. The molecule has 0 aromatic rings. The van der Waals surface area contributed by atoms with Gasteiger partial charge in [0.05, 0.1) is 13.2 Å². The van der Waals surface area contributed by atoms with Gasteiger partial charge < -0.3 is 9.47 Å². The minimum atomic E-state index is -0.0317. The van der Waals surface area contributed by atoms with Crippen LogP contribution in [0, 0.1) is 0 Å². The highest BCUT2D eigenvalue weighted by atomic mass is 79.9. The van der Waals surface area contributed by atoms with E-state index >= 15 is 0 Å². The zero-order chi connectivity index (χ0) is 26.4. The zero-order valence-electron chi connectivity index (χ0n) is 23.2. The average Bonchev–Trinajstić information content (AvgIpc) is 2.87. The summed E-state index contributed by atoms with van der Waals surface area (Å²) in [5.74, 6) is -0.0635. The van der Waals surface area contributed by atoms with Gasteiger partial charge in [-0.05, 0) is 38.5 Å². The van der Waals surface area contributed by atoms with Crippen LogP contribution in [0.4, 0.5) is 0 Å². The smallest absolute Gasteiger partial charge is 0.305 e. The molecule has 0 bridgehead atoms. The molecule has 0 rings (SSSR count). The van der Waals surface area contributed by atoms with Gasteiger partial charge >= 0.3 is 11.9 Å². The topological polar surface area (TPSA) is 52.6 Å². The van der Waals surface area contributed by atoms with Crippen molar-refractivity contribution in [1.82, 2.24) is 0 Å². The Kier molecular flexibility index (Phi) is 31.0. The molecule has 0 aromatic heterocycles. The molecule has 0 aliphatic heterocycles. The Morgan fingerprint density at radius 3 is 0.861 bits per heavy atom. The molecule has 0 aliphatic carbocycles. The molecule has 0 aliphatic rings.